The second-order valence-corrected chi connectivity index (χ2v) is 4.71. The number of nitrogens with one attached hydrogen (secondary N) is 1. The molecule has 4 rings (SSSR count). The van der Waals surface area contributed by atoms with Gasteiger partial charge in [0, 0.05) is 28.2 Å². The van der Waals surface area contributed by atoms with Crippen molar-refractivity contribution in [3.63, 3.8) is 0 Å². The predicted molar refractivity (Wildman–Crippen MR) is 77.0 cm³/mol. The van der Waals surface area contributed by atoms with Crippen molar-refractivity contribution in [3.8, 4) is 22.8 Å². The van der Waals surface area contributed by atoms with Crippen LogP contribution in [-0.4, -0.2) is 15.1 Å². The smallest absolute Gasteiger partial charge is 0.258 e. The summed E-state index contributed by atoms with van der Waals surface area (Å²) >= 11 is 0. The van der Waals surface area contributed by atoms with Crippen LogP contribution in [0.1, 0.15) is 0 Å². The lowest BCUT2D eigenvalue weighted by molar-refractivity contribution is 0.432. The number of nitrogens with zero attached hydrogens (tertiary/aromatic N) is 2. The van der Waals surface area contributed by atoms with E-state index in [0.29, 0.717) is 17.3 Å². The molecule has 0 aliphatic heterocycles. The van der Waals surface area contributed by atoms with Crippen LogP contribution in [0.3, 0.4) is 0 Å². The first kappa shape index (κ1) is 11.8. The minimum Gasteiger partial charge on any atom is -0.361 e. The summed E-state index contributed by atoms with van der Waals surface area (Å²) < 4.78 is 18.2. The van der Waals surface area contributed by atoms with Crippen molar-refractivity contribution in [2.45, 2.75) is 0 Å². The summed E-state index contributed by atoms with van der Waals surface area (Å²) in [5.74, 6) is 0.591. The highest BCUT2D eigenvalue weighted by atomic mass is 19.1. The molecule has 0 unspecified atom stereocenters. The second kappa shape index (κ2) is 4.56. The van der Waals surface area contributed by atoms with Crippen molar-refractivity contribution in [2.75, 3.05) is 0 Å². The highest BCUT2D eigenvalue weighted by Crippen LogP contribution is 2.24. The average Bonchev–Trinajstić information content (AvgIpc) is 3.16. The molecule has 0 radical (unpaired) electrons. The van der Waals surface area contributed by atoms with Gasteiger partial charge in [-0.1, -0.05) is 5.16 Å². The summed E-state index contributed by atoms with van der Waals surface area (Å²) in [5, 5.41) is 5.07. The van der Waals surface area contributed by atoms with Crippen molar-refractivity contribution in [1.29, 1.82) is 0 Å². The number of hydrogen-bond donors (Lipinski definition) is 1. The van der Waals surface area contributed by atoms with Gasteiger partial charge in [-0.25, -0.2) is 4.39 Å². The zero-order chi connectivity index (χ0) is 14.2. The quantitative estimate of drug-likeness (QED) is 0.603. The normalized spacial score (nSPS) is 11.1. The fourth-order valence-corrected chi connectivity index (χ4v) is 2.24. The number of hydrogen-bond acceptors (Lipinski definition) is 3. The second-order valence-electron chi connectivity index (χ2n) is 4.71. The Bertz CT molecular complexity index is 909. The van der Waals surface area contributed by atoms with Crippen molar-refractivity contribution >= 4 is 10.9 Å². The molecular formula is C16H10FN3O. The third kappa shape index (κ3) is 2.08. The zero-order valence-electron chi connectivity index (χ0n) is 10.9. The van der Waals surface area contributed by atoms with Crippen LogP contribution >= 0.6 is 0 Å². The van der Waals surface area contributed by atoms with Crippen LogP contribution in [0.15, 0.2) is 59.3 Å². The fraction of sp³-hybridized carbons (Fsp3) is 0. The van der Waals surface area contributed by atoms with Gasteiger partial charge in [0.2, 0.25) is 5.82 Å². The van der Waals surface area contributed by atoms with E-state index in [1.165, 1.54) is 12.1 Å². The zero-order valence-corrected chi connectivity index (χ0v) is 10.9. The van der Waals surface area contributed by atoms with Crippen LogP contribution in [-0.2, 0) is 0 Å². The maximum absolute atomic E-state index is 12.9. The number of H-pyrrole nitrogens is 1. The molecule has 0 aliphatic rings. The van der Waals surface area contributed by atoms with Crippen LogP contribution in [0.25, 0.3) is 33.7 Å². The minimum absolute atomic E-state index is 0.295. The maximum atomic E-state index is 12.9. The number of aromatic nitrogens is 3. The Morgan fingerprint density at radius 1 is 0.952 bits per heavy atom. The van der Waals surface area contributed by atoms with Crippen molar-refractivity contribution in [2.24, 2.45) is 0 Å². The first-order chi connectivity index (χ1) is 10.3. The largest absolute Gasteiger partial charge is 0.361 e. The van der Waals surface area contributed by atoms with Crippen LogP contribution in [0, 0.1) is 5.82 Å². The van der Waals surface area contributed by atoms with E-state index >= 15 is 0 Å². The van der Waals surface area contributed by atoms with E-state index in [-0.39, 0.29) is 5.82 Å². The molecule has 2 aromatic heterocycles. The molecule has 4 nitrogen and oxygen atoms in total. The van der Waals surface area contributed by atoms with Gasteiger partial charge < -0.3 is 9.51 Å². The first-order valence-corrected chi connectivity index (χ1v) is 6.47. The van der Waals surface area contributed by atoms with Gasteiger partial charge in [-0.2, -0.15) is 4.98 Å². The lowest BCUT2D eigenvalue weighted by Gasteiger charge is -1.95. The fourth-order valence-electron chi connectivity index (χ4n) is 2.24. The Balaban J connectivity index is 1.74. The summed E-state index contributed by atoms with van der Waals surface area (Å²) in [5.41, 5.74) is 2.62. The van der Waals surface area contributed by atoms with Gasteiger partial charge >= 0.3 is 0 Å². The lowest BCUT2D eigenvalue weighted by Crippen LogP contribution is -1.82. The third-order valence-corrected chi connectivity index (χ3v) is 3.33. The summed E-state index contributed by atoms with van der Waals surface area (Å²) in [6, 6.07) is 13.8. The molecule has 5 heteroatoms. The Morgan fingerprint density at radius 3 is 2.62 bits per heavy atom. The molecule has 21 heavy (non-hydrogen) atoms. The molecule has 4 aromatic rings. The van der Waals surface area contributed by atoms with E-state index in [0.717, 1.165) is 16.5 Å². The summed E-state index contributed by atoms with van der Waals surface area (Å²) in [4.78, 5) is 7.50. The Hall–Kier alpha value is -2.95. The monoisotopic (exact) mass is 279 g/mol. The Labute approximate surface area is 119 Å². The SMILES string of the molecule is Fc1ccc(-c2nc(-c3ccc4[nH]ccc4c3)no2)cc1. The molecule has 1 N–H and O–H groups in total. The van der Waals surface area contributed by atoms with E-state index in [1.807, 2.05) is 30.5 Å². The van der Waals surface area contributed by atoms with Crippen molar-refractivity contribution in [1.82, 2.24) is 15.1 Å². The van der Waals surface area contributed by atoms with Gasteiger partial charge in [0.05, 0.1) is 0 Å². The molecule has 2 heterocycles. The van der Waals surface area contributed by atoms with Gasteiger partial charge in [-0.15, -0.1) is 0 Å². The van der Waals surface area contributed by atoms with Crippen LogP contribution in [0.5, 0.6) is 0 Å². The summed E-state index contributed by atoms with van der Waals surface area (Å²) in [6.45, 7) is 0. The molecule has 0 saturated carbocycles. The third-order valence-electron chi connectivity index (χ3n) is 3.33. The summed E-state index contributed by atoms with van der Waals surface area (Å²) in [6.07, 6.45) is 1.88. The minimum atomic E-state index is -0.295. The molecule has 0 atom stereocenters. The first-order valence-electron chi connectivity index (χ1n) is 6.47. The molecular weight excluding hydrogens is 269 g/mol. The van der Waals surface area contributed by atoms with Gasteiger partial charge in [-0.05, 0) is 48.5 Å². The molecule has 0 spiro atoms. The lowest BCUT2D eigenvalue weighted by atomic mass is 10.1. The topological polar surface area (TPSA) is 54.7 Å². The highest BCUT2D eigenvalue weighted by Gasteiger charge is 2.11. The number of fused-ring (bicyclic) bond motifs is 1. The number of benzene rings is 2. The van der Waals surface area contributed by atoms with E-state index in [4.69, 9.17) is 4.52 Å². The van der Waals surface area contributed by atoms with Crippen LogP contribution < -0.4 is 0 Å². The predicted octanol–water partition coefficient (Wildman–Crippen LogP) is 4.02. The number of rotatable bonds is 2. The summed E-state index contributed by atoms with van der Waals surface area (Å²) in [7, 11) is 0. The molecule has 0 saturated heterocycles. The van der Waals surface area contributed by atoms with Crippen LogP contribution in [0.4, 0.5) is 4.39 Å². The van der Waals surface area contributed by atoms with E-state index in [9.17, 15) is 4.39 Å². The van der Waals surface area contributed by atoms with Crippen molar-refractivity contribution in [3.05, 3.63) is 60.5 Å². The highest BCUT2D eigenvalue weighted by molar-refractivity contribution is 5.83. The molecule has 0 bridgehead atoms. The van der Waals surface area contributed by atoms with Crippen molar-refractivity contribution < 1.29 is 8.91 Å². The molecule has 0 fully saturated rings. The number of halogens is 1. The van der Waals surface area contributed by atoms with Gasteiger partial charge in [-0.3, -0.25) is 0 Å². The van der Waals surface area contributed by atoms with E-state index in [1.54, 1.807) is 12.1 Å². The van der Waals surface area contributed by atoms with Gasteiger partial charge in [0.15, 0.2) is 0 Å². The van der Waals surface area contributed by atoms with Crippen LogP contribution in [0.2, 0.25) is 0 Å². The van der Waals surface area contributed by atoms with Gasteiger partial charge in [0.25, 0.3) is 5.89 Å². The maximum Gasteiger partial charge on any atom is 0.258 e. The Kier molecular flexibility index (Phi) is 2.57. The average molecular weight is 279 g/mol. The molecule has 0 aliphatic carbocycles. The molecule has 2 aromatic carbocycles. The Morgan fingerprint density at radius 2 is 1.76 bits per heavy atom. The van der Waals surface area contributed by atoms with E-state index < -0.39 is 0 Å². The molecule has 102 valence electrons. The number of aromatic amines is 1. The van der Waals surface area contributed by atoms with Gasteiger partial charge in [0.1, 0.15) is 5.82 Å². The standard InChI is InChI=1S/C16H10FN3O/c17-13-4-1-10(2-5-13)16-19-15(20-21-16)12-3-6-14-11(9-12)7-8-18-14/h1-9,18H. The van der Waals surface area contributed by atoms with E-state index in [2.05, 4.69) is 15.1 Å². The molecule has 0 amide bonds.